The van der Waals surface area contributed by atoms with Gasteiger partial charge >= 0.3 is 6.18 Å². The molecule has 1 aromatic carbocycles. The van der Waals surface area contributed by atoms with E-state index in [0.29, 0.717) is 22.2 Å². The van der Waals surface area contributed by atoms with Gasteiger partial charge in [-0.25, -0.2) is 4.98 Å². The van der Waals surface area contributed by atoms with Crippen LogP contribution in [-0.4, -0.2) is 30.7 Å². The summed E-state index contributed by atoms with van der Waals surface area (Å²) in [4.78, 5) is 6.70. The minimum absolute atomic E-state index is 0.404. The molecule has 1 saturated heterocycles. The molecule has 0 aliphatic carbocycles. The van der Waals surface area contributed by atoms with Gasteiger partial charge in [-0.15, -0.1) is 0 Å². The zero-order valence-corrected chi connectivity index (χ0v) is 14.0. The van der Waals surface area contributed by atoms with Crippen LogP contribution in [0.3, 0.4) is 0 Å². The standard InChI is InChI=1S/C16H20F3N3S/c1-10(2)7-12-9-22(6-5-20-12)15-21-13-4-3-11(16(17,18)19)8-14(13)23-15/h3-4,8,10,12,20H,5-7,9H2,1-2H3/t12-/m0/s1. The van der Waals surface area contributed by atoms with Gasteiger partial charge in [-0.2, -0.15) is 13.2 Å². The highest BCUT2D eigenvalue weighted by atomic mass is 32.1. The molecule has 1 atom stereocenters. The molecule has 126 valence electrons. The number of nitrogens with zero attached hydrogens (tertiary/aromatic N) is 2. The number of thiazole rings is 1. The predicted octanol–water partition coefficient (Wildman–Crippen LogP) is 4.14. The van der Waals surface area contributed by atoms with Crippen molar-refractivity contribution in [2.75, 3.05) is 24.5 Å². The first-order chi connectivity index (χ1) is 10.8. The van der Waals surface area contributed by atoms with Gasteiger partial charge in [0.15, 0.2) is 5.13 Å². The van der Waals surface area contributed by atoms with Crippen LogP contribution in [0.25, 0.3) is 10.2 Å². The fraction of sp³-hybridized carbons (Fsp3) is 0.562. The molecule has 1 aliphatic heterocycles. The Morgan fingerprint density at radius 3 is 2.87 bits per heavy atom. The zero-order chi connectivity index (χ0) is 16.6. The maximum absolute atomic E-state index is 12.8. The van der Waals surface area contributed by atoms with Crippen LogP contribution < -0.4 is 10.2 Å². The molecule has 0 unspecified atom stereocenters. The van der Waals surface area contributed by atoms with Crippen LogP contribution in [0.4, 0.5) is 18.3 Å². The van der Waals surface area contributed by atoms with Crippen molar-refractivity contribution >= 4 is 26.7 Å². The van der Waals surface area contributed by atoms with E-state index >= 15 is 0 Å². The summed E-state index contributed by atoms with van der Waals surface area (Å²) in [6.45, 7) is 6.94. The molecule has 2 heterocycles. The summed E-state index contributed by atoms with van der Waals surface area (Å²) >= 11 is 1.34. The van der Waals surface area contributed by atoms with E-state index in [4.69, 9.17) is 0 Å². The number of hydrogen-bond acceptors (Lipinski definition) is 4. The Bertz CT molecular complexity index is 681. The number of fused-ring (bicyclic) bond motifs is 1. The number of aromatic nitrogens is 1. The highest BCUT2D eigenvalue weighted by Crippen LogP contribution is 2.35. The number of nitrogens with one attached hydrogen (secondary N) is 1. The van der Waals surface area contributed by atoms with E-state index in [2.05, 4.69) is 29.0 Å². The van der Waals surface area contributed by atoms with Crippen molar-refractivity contribution in [1.29, 1.82) is 0 Å². The van der Waals surface area contributed by atoms with Crippen LogP contribution in [0.5, 0.6) is 0 Å². The van der Waals surface area contributed by atoms with Crippen LogP contribution >= 0.6 is 11.3 Å². The summed E-state index contributed by atoms with van der Waals surface area (Å²) in [6.07, 6.45) is -3.23. The van der Waals surface area contributed by atoms with Crippen molar-refractivity contribution in [3.05, 3.63) is 23.8 Å². The van der Waals surface area contributed by atoms with Crippen molar-refractivity contribution in [1.82, 2.24) is 10.3 Å². The Balaban J connectivity index is 1.82. The smallest absolute Gasteiger partial charge is 0.345 e. The molecule has 0 amide bonds. The molecule has 23 heavy (non-hydrogen) atoms. The molecule has 7 heteroatoms. The normalized spacial score (nSPS) is 19.7. The Kier molecular flexibility index (Phi) is 4.51. The Hall–Kier alpha value is -1.34. The van der Waals surface area contributed by atoms with Gasteiger partial charge < -0.3 is 10.2 Å². The van der Waals surface area contributed by atoms with Crippen molar-refractivity contribution in [2.45, 2.75) is 32.5 Å². The lowest BCUT2D eigenvalue weighted by Crippen LogP contribution is -2.51. The molecule has 1 fully saturated rings. The lowest BCUT2D eigenvalue weighted by Gasteiger charge is -2.34. The summed E-state index contributed by atoms with van der Waals surface area (Å²) in [5.41, 5.74) is 0.0233. The number of hydrogen-bond donors (Lipinski definition) is 1. The van der Waals surface area contributed by atoms with Crippen molar-refractivity contribution < 1.29 is 13.2 Å². The fourth-order valence-electron chi connectivity index (χ4n) is 2.95. The molecule has 1 aromatic heterocycles. The molecule has 0 bridgehead atoms. The van der Waals surface area contributed by atoms with E-state index in [0.717, 1.165) is 37.3 Å². The van der Waals surface area contributed by atoms with E-state index < -0.39 is 11.7 Å². The first-order valence-corrected chi connectivity index (χ1v) is 8.60. The lowest BCUT2D eigenvalue weighted by molar-refractivity contribution is -0.137. The van der Waals surface area contributed by atoms with Crippen LogP contribution in [0, 0.1) is 5.92 Å². The molecule has 3 rings (SSSR count). The van der Waals surface area contributed by atoms with Gasteiger partial charge in [0.25, 0.3) is 0 Å². The summed E-state index contributed by atoms with van der Waals surface area (Å²) < 4.78 is 39.0. The van der Waals surface area contributed by atoms with Gasteiger partial charge in [0.2, 0.25) is 0 Å². The van der Waals surface area contributed by atoms with Crippen molar-refractivity contribution in [2.24, 2.45) is 5.92 Å². The minimum atomic E-state index is -4.31. The summed E-state index contributed by atoms with van der Waals surface area (Å²) in [7, 11) is 0. The van der Waals surface area contributed by atoms with Crippen LogP contribution in [0.15, 0.2) is 18.2 Å². The fourth-order valence-corrected chi connectivity index (χ4v) is 3.99. The molecular formula is C16H20F3N3S. The zero-order valence-electron chi connectivity index (χ0n) is 13.2. The molecule has 2 aromatic rings. The largest absolute Gasteiger partial charge is 0.416 e. The van der Waals surface area contributed by atoms with Gasteiger partial charge in [-0.3, -0.25) is 0 Å². The molecule has 1 aliphatic rings. The van der Waals surface area contributed by atoms with E-state index in [9.17, 15) is 13.2 Å². The van der Waals surface area contributed by atoms with Gasteiger partial charge in [0, 0.05) is 25.7 Å². The first-order valence-electron chi connectivity index (χ1n) is 7.79. The summed E-state index contributed by atoms with van der Waals surface area (Å²) in [6, 6.07) is 4.17. The van der Waals surface area contributed by atoms with Gasteiger partial charge in [-0.1, -0.05) is 25.2 Å². The average Bonchev–Trinajstić information content (AvgIpc) is 2.89. The number of halogens is 3. The van der Waals surface area contributed by atoms with E-state index in [1.54, 1.807) is 0 Å². The molecule has 1 N–H and O–H groups in total. The number of rotatable bonds is 3. The highest BCUT2D eigenvalue weighted by Gasteiger charge is 2.31. The second-order valence-corrected chi connectivity index (χ2v) is 7.41. The predicted molar refractivity (Wildman–Crippen MR) is 88.1 cm³/mol. The monoisotopic (exact) mass is 343 g/mol. The quantitative estimate of drug-likeness (QED) is 0.908. The average molecular weight is 343 g/mol. The highest BCUT2D eigenvalue weighted by molar-refractivity contribution is 7.22. The number of benzene rings is 1. The summed E-state index contributed by atoms with van der Waals surface area (Å²) in [5.74, 6) is 0.608. The molecule has 0 spiro atoms. The Morgan fingerprint density at radius 1 is 1.39 bits per heavy atom. The maximum atomic E-state index is 12.8. The second-order valence-electron chi connectivity index (χ2n) is 6.40. The van der Waals surface area contributed by atoms with Crippen molar-refractivity contribution in [3.63, 3.8) is 0 Å². The molecule has 0 radical (unpaired) electrons. The number of piperazine rings is 1. The third-order valence-electron chi connectivity index (χ3n) is 3.99. The number of anilines is 1. The maximum Gasteiger partial charge on any atom is 0.416 e. The lowest BCUT2D eigenvalue weighted by atomic mass is 10.0. The van der Waals surface area contributed by atoms with E-state index in [1.165, 1.54) is 23.5 Å². The molecule has 0 saturated carbocycles. The van der Waals surface area contributed by atoms with Crippen molar-refractivity contribution in [3.8, 4) is 0 Å². The van der Waals surface area contributed by atoms with Crippen LogP contribution in [0.2, 0.25) is 0 Å². The Morgan fingerprint density at radius 2 is 2.17 bits per heavy atom. The van der Waals surface area contributed by atoms with Gasteiger partial charge in [0.05, 0.1) is 15.8 Å². The third kappa shape index (κ3) is 3.77. The minimum Gasteiger partial charge on any atom is -0.345 e. The summed E-state index contributed by atoms with van der Waals surface area (Å²) in [5, 5.41) is 4.31. The Labute approximate surface area is 137 Å². The second kappa shape index (κ2) is 6.28. The van der Waals surface area contributed by atoms with E-state index in [1.807, 2.05) is 0 Å². The topological polar surface area (TPSA) is 28.2 Å². The molecule has 3 nitrogen and oxygen atoms in total. The van der Waals surface area contributed by atoms with Crippen LogP contribution in [0.1, 0.15) is 25.8 Å². The van der Waals surface area contributed by atoms with Gasteiger partial charge in [-0.05, 0) is 30.5 Å². The number of alkyl halides is 3. The third-order valence-corrected chi connectivity index (χ3v) is 5.07. The van der Waals surface area contributed by atoms with Crippen LogP contribution in [-0.2, 0) is 6.18 Å². The molecular weight excluding hydrogens is 323 g/mol. The SMILES string of the molecule is CC(C)C[C@H]1CN(c2nc3ccc(C(F)(F)F)cc3s2)CCN1. The van der Waals surface area contributed by atoms with Gasteiger partial charge in [0.1, 0.15) is 0 Å². The first kappa shape index (κ1) is 16.5. The van der Waals surface area contributed by atoms with E-state index in [-0.39, 0.29) is 0 Å².